The zero-order valence-electron chi connectivity index (χ0n) is 14.3. The molecule has 0 radical (unpaired) electrons. The summed E-state index contributed by atoms with van der Waals surface area (Å²) in [5, 5.41) is 7.05. The van der Waals surface area contributed by atoms with Gasteiger partial charge >= 0.3 is 0 Å². The monoisotopic (exact) mass is 351 g/mol. The van der Waals surface area contributed by atoms with Gasteiger partial charge in [0.15, 0.2) is 0 Å². The van der Waals surface area contributed by atoms with Gasteiger partial charge in [-0.1, -0.05) is 18.2 Å². The molecule has 3 rings (SSSR count). The molecule has 2 aromatic heterocycles. The third-order valence-corrected chi connectivity index (χ3v) is 3.58. The van der Waals surface area contributed by atoms with Crippen LogP contribution in [0.3, 0.4) is 0 Å². The highest BCUT2D eigenvalue weighted by Gasteiger charge is 2.13. The maximum Gasteiger partial charge on any atom is 0.274 e. The first-order valence-electron chi connectivity index (χ1n) is 7.98. The van der Waals surface area contributed by atoms with Crippen LogP contribution in [-0.4, -0.2) is 32.3 Å². The number of carbonyl (C=O) groups excluding carboxylic acids is 1. The van der Waals surface area contributed by atoms with Gasteiger partial charge in [-0.25, -0.2) is 14.6 Å². The maximum absolute atomic E-state index is 12.5. The summed E-state index contributed by atoms with van der Waals surface area (Å²) in [6, 6.07) is 11.7. The second kappa shape index (κ2) is 7.56. The third kappa shape index (κ3) is 3.75. The lowest BCUT2D eigenvalue weighted by Crippen LogP contribution is -2.19. The zero-order valence-corrected chi connectivity index (χ0v) is 14.3. The number of rotatable bonds is 5. The van der Waals surface area contributed by atoms with E-state index in [9.17, 15) is 9.59 Å². The van der Waals surface area contributed by atoms with Gasteiger partial charge in [-0.2, -0.15) is 5.10 Å². The number of ether oxygens (including phenoxy) is 1. The van der Waals surface area contributed by atoms with Crippen LogP contribution < -0.4 is 15.6 Å². The van der Waals surface area contributed by atoms with Gasteiger partial charge in [-0.15, -0.1) is 0 Å². The van der Waals surface area contributed by atoms with Crippen LogP contribution in [0, 0.1) is 0 Å². The Morgan fingerprint density at radius 2 is 2.00 bits per heavy atom. The van der Waals surface area contributed by atoms with Gasteiger partial charge in [0.2, 0.25) is 5.88 Å². The highest BCUT2D eigenvalue weighted by molar-refractivity contribution is 6.05. The topological polar surface area (TPSA) is 99.0 Å². The van der Waals surface area contributed by atoms with Crippen LogP contribution in [0.4, 0.5) is 5.69 Å². The second-order valence-electron chi connectivity index (χ2n) is 5.35. The molecular formula is C18H17N5O3. The molecule has 132 valence electrons. The number of aryl methyl sites for hydroxylation is 1. The van der Waals surface area contributed by atoms with E-state index in [0.29, 0.717) is 29.4 Å². The van der Waals surface area contributed by atoms with Crippen molar-refractivity contribution in [2.24, 2.45) is 7.05 Å². The molecule has 0 aliphatic rings. The number of para-hydroxylation sites is 1. The van der Waals surface area contributed by atoms with Crippen molar-refractivity contribution in [2.75, 3.05) is 11.9 Å². The summed E-state index contributed by atoms with van der Waals surface area (Å²) >= 11 is 0. The Bertz CT molecular complexity index is 1000. The average Bonchev–Trinajstić information content (AvgIpc) is 2.65. The number of aromatic nitrogens is 4. The van der Waals surface area contributed by atoms with Crippen LogP contribution in [0.25, 0.3) is 11.3 Å². The fraction of sp³-hybridized carbons (Fsp3) is 0.167. The fourth-order valence-corrected chi connectivity index (χ4v) is 2.34. The number of amides is 1. The van der Waals surface area contributed by atoms with Crippen molar-refractivity contribution < 1.29 is 9.53 Å². The Labute approximate surface area is 149 Å². The first kappa shape index (κ1) is 17.3. The largest absolute Gasteiger partial charge is 0.478 e. The summed E-state index contributed by atoms with van der Waals surface area (Å²) < 4.78 is 6.53. The van der Waals surface area contributed by atoms with E-state index in [0.717, 1.165) is 0 Å². The van der Waals surface area contributed by atoms with Crippen molar-refractivity contribution in [3.05, 3.63) is 64.8 Å². The predicted molar refractivity (Wildman–Crippen MR) is 96.1 cm³/mol. The van der Waals surface area contributed by atoms with Crippen molar-refractivity contribution in [1.29, 1.82) is 0 Å². The number of anilines is 1. The summed E-state index contributed by atoms with van der Waals surface area (Å²) in [5.74, 6) is -0.0636. The van der Waals surface area contributed by atoms with Crippen molar-refractivity contribution in [3.63, 3.8) is 0 Å². The first-order chi connectivity index (χ1) is 12.6. The predicted octanol–water partition coefficient (Wildman–Crippen LogP) is 1.89. The Balaban J connectivity index is 1.91. The van der Waals surface area contributed by atoms with Crippen LogP contribution in [0.5, 0.6) is 5.88 Å². The van der Waals surface area contributed by atoms with E-state index in [1.54, 1.807) is 25.2 Å². The van der Waals surface area contributed by atoms with Gasteiger partial charge in [0.05, 0.1) is 18.0 Å². The van der Waals surface area contributed by atoms with E-state index in [2.05, 4.69) is 20.4 Å². The minimum absolute atomic E-state index is 0.187. The normalized spacial score (nSPS) is 10.4. The third-order valence-electron chi connectivity index (χ3n) is 3.58. The molecule has 0 spiro atoms. The molecule has 26 heavy (non-hydrogen) atoms. The number of nitrogens with zero attached hydrogens (tertiary/aromatic N) is 4. The van der Waals surface area contributed by atoms with Gasteiger partial charge in [0, 0.05) is 24.7 Å². The summed E-state index contributed by atoms with van der Waals surface area (Å²) in [6.07, 6.45) is 1.28. The van der Waals surface area contributed by atoms with Crippen LogP contribution in [0.2, 0.25) is 0 Å². The molecule has 2 heterocycles. The quantitative estimate of drug-likeness (QED) is 0.754. The van der Waals surface area contributed by atoms with E-state index in [1.807, 2.05) is 19.1 Å². The molecule has 1 amide bonds. The number of benzene rings is 1. The van der Waals surface area contributed by atoms with E-state index in [-0.39, 0.29) is 11.3 Å². The lowest BCUT2D eigenvalue weighted by atomic mass is 10.1. The Morgan fingerprint density at radius 3 is 2.77 bits per heavy atom. The highest BCUT2D eigenvalue weighted by Crippen LogP contribution is 2.26. The number of nitrogens with one attached hydrogen (secondary N) is 1. The maximum atomic E-state index is 12.5. The molecule has 8 heteroatoms. The van der Waals surface area contributed by atoms with Gasteiger partial charge in [0.1, 0.15) is 12.0 Å². The SMILES string of the molecule is CCOc1cc(C(=O)Nc2ccccc2-c2ccc(=O)n(C)n2)ncn1. The fourth-order valence-electron chi connectivity index (χ4n) is 2.34. The molecule has 0 atom stereocenters. The summed E-state index contributed by atoms with van der Waals surface area (Å²) in [6.45, 7) is 2.28. The molecule has 0 aliphatic carbocycles. The molecular weight excluding hydrogens is 334 g/mol. The minimum Gasteiger partial charge on any atom is -0.478 e. The first-order valence-corrected chi connectivity index (χ1v) is 7.98. The van der Waals surface area contributed by atoms with E-state index >= 15 is 0 Å². The summed E-state index contributed by atoms with van der Waals surface area (Å²) in [5.41, 5.74) is 1.79. The van der Waals surface area contributed by atoms with Gasteiger partial charge in [-0.05, 0) is 19.1 Å². The van der Waals surface area contributed by atoms with Crippen molar-refractivity contribution in [3.8, 4) is 17.1 Å². The molecule has 1 N–H and O–H groups in total. The minimum atomic E-state index is -0.398. The van der Waals surface area contributed by atoms with Crippen LogP contribution in [0.15, 0.2) is 53.6 Å². The smallest absolute Gasteiger partial charge is 0.274 e. The number of carbonyl (C=O) groups is 1. The summed E-state index contributed by atoms with van der Waals surface area (Å²) in [4.78, 5) is 32.0. The van der Waals surface area contributed by atoms with Crippen molar-refractivity contribution in [2.45, 2.75) is 6.92 Å². The average molecular weight is 351 g/mol. The summed E-state index contributed by atoms with van der Waals surface area (Å²) in [7, 11) is 1.57. The van der Waals surface area contributed by atoms with E-state index in [1.165, 1.54) is 23.1 Å². The van der Waals surface area contributed by atoms with E-state index < -0.39 is 5.91 Å². The molecule has 3 aromatic rings. The van der Waals surface area contributed by atoms with Crippen molar-refractivity contribution >= 4 is 11.6 Å². The highest BCUT2D eigenvalue weighted by atomic mass is 16.5. The van der Waals surface area contributed by atoms with Crippen LogP contribution in [0.1, 0.15) is 17.4 Å². The Kier molecular flexibility index (Phi) is 5.02. The van der Waals surface area contributed by atoms with Crippen molar-refractivity contribution in [1.82, 2.24) is 19.7 Å². The molecule has 0 aliphatic heterocycles. The number of hydrogen-bond donors (Lipinski definition) is 1. The Morgan fingerprint density at radius 1 is 1.19 bits per heavy atom. The van der Waals surface area contributed by atoms with Gasteiger partial charge < -0.3 is 10.1 Å². The molecule has 0 unspecified atom stereocenters. The standard InChI is InChI=1S/C18H17N5O3/c1-3-26-16-10-15(19-11-20-16)18(25)21-13-7-5-4-6-12(13)14-8-9-17(24)23(2)22-14/h4-11H,3H2,1-2H3,(H,21,25). The molecule has 0 saturated carbocycles. The van der Waals surface area contributed by atoms with E-state index in [4.69, 9.17) is 4.74 Å². The lowest BCUT2D eigenvalue weighted by molar-refractivity contribution is 0.102. The second-order valence-corrected chi connectivity index (χ2v) is 5.35. The lowest BCUT2D eigenvalue weighted by Gasteiger charge is -2.11. The molecule has 8 nitrogen and oxygen atoms in total. The zero-order chi connectivity index (χ0) is 18.5. The van der Waals surface area contributed by atoms with Crippen LogP contribution >= 0.6 is 0 Å². The van der Waals surface area contributed by atoms with Crippen LogP contribution in [-0.2, 0) is 7.05 Å². The molecule has 1 aromatic carbocycles. The van der Waals surface area contributed by atoms with Gasteiger partial charge in [0.25, 0.3) is 11.5 Å². The molecule has 0 saturated heterocycles. The molecule has 0 bridgehead atoms. The van der Waals surface area contributed by atoms with Gasteiger partial charge in [-0.3, -0.25) is 9.59 Å². The Hall–Kier alpha value is -3.55. The molecule has 0 fully saturated rings. The number of hydrogen-bond acceptors (Lipinski definition) is 6.